The van der Waals surface area contributed by atoms with Crippen molar-refractivity contribution < 1.29 is 8.83 Å². The van der Waals surface area contributed by atoms with Crippen LogP contribution in [0.15, 0.2) is 227 Å². The van der Waals surface area contributed by atoms with Gasteiger partial charge in [0.25, 0.3) is 0 Å². The van der Waals surface area contributed by atoms with Gasteiger partial charge in [0.1, 0.15) is 22.3 Å². The van der Waals surface area contributed by atoms with E-state index in [1.807, 2.05) is 24.3 Å². The van der Waals surface area contributed by atoms with Crippen LogP contribution in [0.5, 0.6) is 0 Å². The summed E-state index contributed by atoms with van der Waals surface area (Å²) in [5.74, 6) is 0. The molecule has 0 saturated carbocycles. The maximum absolute atomic E-state index is 6.46. The van der Waals surface area contributed by atoms with E-state index in [1.165, 1.54) is 21.5 Å². The SMILES string of the molecule is c1cc(-c2ccccc2N(c2ccc3ccccc3c2)c2ccc3c(c2)oc2ccccc23)cc(N(c2ccc3ccccc3c2)c2ccc3c(c2)oc2ccccc23)c1. The molecule has 0 bridgehead atoms. The van der Waals surface area contributed by atoms with Gasteiger partial charge in [-0.15, -0.1) is 0 Å². The van der Waals surface area contributed by atoms with Crippen molar-refractivity contribution in [2.75, 3.05) is 9.80 Å². The highest BCUT2D eigenvalue weighted by Crippen LogP contribution is 2.45. The van der Waals surface area contributed by atoms with E-state index >= 15 is 0 Å². The number of hydrogen-bond acceptors (Lipinski definition) is 4. The summed E-state index contributed by atoms with van der Waals surface area (Å²) in [6, 6.07) is 77.6. The molecule has 282 valence electrons. The normalized spacial score (nSPS) is 11.7. The summed E-state index contributed by atoms with van der Waals surface area (Å²) in [4.78, 5) is 4.69. The predicted octanol–water partition coefficient (Wildman–Crippen LogP) is 16.4. The second kappa shape index (κ2) is 13.8. The molecule has 60 heavy (non-hydrogen) atoms. The average Bonchev–Trinajstić information content (AvgIpc) is 3.87. The molecule has 0 N–H and O–H groups in total. The van der Waals surface area contributed by atoms with Crippen molar-refractivity contribution >= 4 is 99.5 Å². The lowest BCUT2D eigenvalue weighted by atomic mass is 9.99. The fourth-order valence-electron chi connectivity index (χ4n) is 8.94. The van der Waals surface area contributed by atoms with Crippen LogP contribution in [0.2, 0.25) is 0 Å². The zero-order chi connectivity index (χ0) is 39.6. The molecule has 0 spiro atoms. The van der Waals surface area contributed by atoms with E-state index in [9.17, 15) is 0 Å². The van der Waals surface area contributed by atoms with E-state index in [1.54, 1.807) is 0 Å². The van der Waals surface area contributed by atoms with Crippen LogP contribution >= 0.6 is 0 Å². The smallest absolute Gasteiger partial charge is 0.137 e. The molecular weight excluding hydrogens is 733 g/mol. The Morgan fingerprint density at radius 3 is 1.35 bits per heavy atom. The third-order valence-corrected chi connectivity index (χ3v) is 11.8. The van der Waals surface area contributed by atoms with E-state index in [2.05, 4.69) is 204 Å². The largest absolute Gasteiger partial charge is 0.456 e. The molecule has 0 fully saturated rings. The molecule has 0 saturated heterocycles. The van der Waals surface area contributed by atoms with Gasteiger partial charge in [0, 0.05) is 67.7 Å². The van der Waals surface area contributed by atoms with Gasteiger partial charge in [0.15, 0.2) is 0 Å². The fraction of sp³-hybridized carbons (Fsp3) is 0. The van der Waals surface area contributed by atoms with E-state index in [4.69, 9.17) is 8.83 Å². The Kier molecular flexibility index (Phi) is 7.82. The van der Waals surface area contributed by atoms with Gasteiger partial charge < -0.3 is 18.6 Å². The van der Waals surface area contributed by atoms with Gasteiger partial charge in [0.05, 0.1) is 5.69 Å². The summed E-state index contributed by atoms with van der Waals surface area (Å²) in [5.41, 5.74) is 11.9. The van der Waals surface area contributed by atoms with Crippen LogP contribution in [0, 0.1) is 0 Å². The minimum absolute atomic E-state index is 0.853. The van der Waals surface area contributed by atoms with Crippen molar-refractivity contribution in [1.82, 2.24) is 0 Å². The number of fused-ring (bicyclic) bond motifs is 8. The van der Waals surface area contributed by atoms with Gasteiger partial charge in [-0.05, 0) is 106 Å². The lowest BCUT2D eigenvalue weighted by Gasteiger charge is -2.29. The maximum atomic E-state index is 6.46. The molecule has 0 amide bonds. The molecule has 2 aromatic heterocycles. The summed E-state index contributed by atoms with van der Waals surface area (Å²) in [7, 11) is 0. The molecule has 4 nitrogen and oxygen atoms in total. The Morgan fingerprint density at radius 2 is 0.717 bits per heavy atom. The van der Waals surface area contributed by atoms with E-state index in [0.717, 1.165) is 89.1 Å². The molecule has 0 radical (unpaired) electrons. The molecule has 4 heteroatoms. The number of benzene rings is 10. The second-order valence-electron chi connectivity index (χ2n) is 15.4. The highest BCUT2D eigenvalue weighted by Gasteiger charge is 2.21. The minimum atomic E-state index is 0.853. The maximum Gasteiger partial charge on any atom is 0.137 e. The van der Waals surface area contributed by atoms with Crippen LogP contribution in [0.4, 0.5) is 34.1 Å². The summed E-state index contributed by atoms with van der Waals surface area (Å²) >= 11 is 0. The monoisotopic (exact) mass is 768 g/mol. The Hall–Kier alpha value is -8.08. The highest BCUT2D eigenvalue weighted by molar-refractivity contribution is 6.08. The first-order valence-electron chi connectivity index (χ1n) is 20.3. The number of hydrogen-bond donors (Lipinski definition) is 0. The minimum Gasteiger partial charge on any atom is -0.456 e. The number of rotatable bonds is 7. The van der Waals surface area contributed by atoms with Crippen LogP contribution < -0.4 is 9.80 Å². The molecule has 0 unspecified atom stereocenters. The van der Waals surface area contributed by atoms with Gasteiger partial charge in [-0.25, -0.2) is 0 Å². The number of para-hydroxylation sites is 3. The van der Waals surface area contributed by atoms with Crippen LogP contribution in [0.25, 0.3) is 76.5 Å². The highest BCUT2D eigenvalue weighted by atomic mass is 16.3. The third-order valence-electron chi connectivity index (χ3n) is 11.8. The Balaban J connectivity index is 1.04. The second-order valence-corrected chi connectivity index (χ2v) is 15.4. The zero-order valence-electron chi connectivity index (χ0n) is 32.5. The zero-order valence-corrected chi connectivity index (χ0v) is 32.5. The van der Waals surface area contributed by atoms with E-state index in [-0.39, 0.29) is 0 Å². The molecule has 10 aromatic carbocycles. The molecule has 2 heterocycles. The number of furan rings is 2. The van der Waals surface area contributed by atoms with E-state index < -0.39 is 0 Å². The van der Waals surface area contributed by atoms with Crippen molar-refractivity contribution in [3.63, 3.8) is 0 Å². The van der Waals surface area contributed by atoms with Crippen molar-refractivity contribution in [2.45, 2.75) is 0 Å². The summed E-state index contributed by atoms with van der Waals surface area (Å²) in [6.45, 7) is 0. The van der Waals surface area contributed by atoms with Crippen LogP contribution in [-0.4, -0.2) is 0 Å². The molecular formula is C56H36N2O2. The van der Waals surface area contributed by atoms with Crippen LogP contribution in [0.1, 0.15) is 0 Å². The van der Waals surface area contributed by atoms with Gasteiger partial charge in [-0.2, -0.15) is 0 Å². The third kappa shape index (κ3) is 5.69. The predicted molar refractivity (Wildman–Crippen MR) is 251 cm³/mol. The van der Waals surface area contributed by atoms with Gasteiger partial charge >= 0.3 is 0 Å². The summed E-state index contributed by atoms with van der Waals surface area (Å²) in [6.07, 6.45) is 0. The first-order chi connectivity index (χ1) is 29.7. The van der Waals surface area contributed by atoms with Crippen molar-refractivity contribution in [3.8, 4) is 11.1 Å². The summed E-state index contributed by atoms with van der Waals surface area (Å²) < 4.78 is 12.9. The average molecular weight is 769 g/mol. The van der Waals surface area contributed by atoms with Gasteiger partial charge in [0.2, 0.25) is 0 Å². The standard InChI is InChI=1S/C56H36N2O2/c1-3-14-39-32-43(26-24-37(39)12-1)57(45-28-30-50-48-19-6-9-22-53(48)59-55(50)35-45)42-17-11-16-41(34-42)47-18-5-8-21-52(47)58(44-27-25-38-13-2-4-15-40(38)33-44)46-29-31-51-49-20-7-10-23-54(49)60-56(51)36-46/h1-36H. The molecule has 0 aliphatic carbocycles. The Morgan fingerprint density at radius 1 is 0.267 bits per heavy atom. The molecule has 0 aliphatic heterocycles. The Bertz CT molecular complexity index is 3600. The first kappa shape index (κ1) is 34.0. The van der Waals surface area contributed by atoms with E-state index in [0.29, 0.717) is 0 Å². The molecule has 0 aliphatic rings. The van der Waals surface area contributed by atoms with Crippen LogP contribution in [0.3, 0.4) is 0 Å². The lowest BCUT2D eigenvalue weighted by Crippen LogP contribution is -2.12. The number of anilines is 6. The van der Waals surface area contributed by atoms with Gasteiger partial charge in [-0.1, -0.05) is 127 Å². The molecule has 12 rings (SSSR count). The quantitative estimate of drug-likeness (QED) is 0.162. The van der Waals surface area contributed by atoms with Crippen molar-refractivity contribution in [1.29, 1.82) is 0 Å². The van der Waals surface area contributed by atoms with Crippen LogP contribution in [-0.2, 0) is 0 Å². The lowest BCUT2D eigenvalue weighted by molar-refractivity contribution is 0.668. The summed E-state index contributed by atoms with van der Waals surface area (Å²) in [5, 5.41) is 9.19. The first-order valence-corrected chi connectivity index (χ1v) is 20.3. The van der Waals surface area contributed by atoms with Crippen molar-refractivity contribution in [2.24, 2.45) is 0 Å². The topological polar surface area (TPSA) is 32.8 Å². The van der Waals surface area contributed by atoms with Crippen molar-refractivity contribution in [3.05, 3.63) is 218 Å². The number of nitrogens with zero attached hydrogens (tertiary/aromatic N) is 2. The molecule has 0 atom stereocenters. The Labute approximate surface area is 346 Å². The fourth-order valence-corrected chi connectivity index (χ4v) is 8.94. The molecule has 12 aromatic rings. The van der Waals surface area contributed by atoms with Gasteiger partial charge in [-0.3, -0.25) is 0 Å².